The molecular weight excluding hydrogens is 570 g/mol. The van der Waals surface area contributed by atoms with Crippen molar-refractivity contribution in [1.82, 2.24) is 24.6 Å². The lowest BCUT2D eigenvalue weighted by atomic mass is 9.86. The molecule has 1 fully saturated rings. The van der Waals surface area contributed by atoms with E-state index in [1.165, 1.54) is 5.56 Å². The number of para-hydroxylation sites is 2. The number of amides is 2. The lowest BCUT2D eigenvalue weighted by Gasteiger charge is -2.40. The number of thioether (sulfide) groups is 1. The number of ether oxygens (including phenoxy) is 1. The molecule has 230 valence electrons. The molecule has 0 aliphatic carbocycles. The highest BCUT2D eigenvalue weighted by atomic mass is 32.2. The van der Waals surface area contributed by atoms with Crippen molar-refractivity contribution in [2.75, 3.05) is 32.5 Å². The number of carbonyl (C=O) groups excluding carboxylic acids is 2. The molecule has 1 atom stereocenters. The van der Waals surface area contributed by atoms with Crippen LogP contribution in [0.2, 0.25) is 0 Å². The maximum absolute atomic E-state index is 13.3. The lowest BCUT2D eigenvalue weighted by molar-refractivity contribution is -0.133. The molecule has 0 spiro atoms. The molecule has 3 aromatic carbocycles. The van der Waals surface area contributed by atoms with Gasteiger partial charge < -0.3 is 14.5 Å². The van der Waals surface area contributed by atoms with Gasteiger partial charge in [-0.3, -0.25) is 14.2 Å². The third kappa shape index (κ3) is 6.99. The van der Waals surface area contributed by atoms with Crippen LogP contribution in [0.5, 0.6) is 5.75 Å². The minimum atomic E-state index is -0.0484. The van der Waals surface area contributed by atoms with Gasteiger partial charge >= 0.3 is 0 Å². The topological polar surface area (TPSA) is 80.6 Å². The van der Waals surface area contributed by atoms with Crippen molar-refractivity contribution in [3.8, 4) is 22.8 Å². The number of hydrogen-bond donors (Lipinski definition) is 0. The van der Waals surface area contributed by atoms with E-state index < -0.39 is 0 Å². The Morgan fingerprint density at radius 2 is 1.64 bits per heavy atom. The number of piperazine rings is 1. The number of carbonyl (C=O) groups is 2. The summed E-state index contributed by atoms with van der Waals surface area (Å²) in [6, 6.07) is 25.7. The molecule has 2 heterocycles. The zero-order chi connectivity index (χ0) is 31.3. The summed E-state index contributed by atoms with van der Waals surface area (Å²) in [5, 5.41) is 9.78. The maximum Gasteiger partial charge on any atom is 0.254 e. The zero-order valence-electron chi connectivity index (χ0n) is 26.2. The summed E-state index contributed by atoms with van der Waals surface area (Å²) in [6.45, 7) is 10.1. The molecular formula is C35H41N5O3S. The fourth-order valence-electron chi connectivity index (χ4n) is 5.48. The first kappa shape index (κ1) is 31.3. The van der Waals surface area contributed by atoms with E-state index >= 15 is 0 Å². The van der Waals surface area contributed by atoms with Gasteiger partial charge in [0.25, 0.3) is 5.91 Å². The Morgan fingerprint density at radius 3 is 2.32 bits per heavy atom. The van der Waals surface area contributed by atoms with Crippen molar-refractivity contribution in [3.05, 3.63) is 90.0 Å². The Morgan fingerprint density at radius 1 is 0.932 bits per heavy atom. The van der Waals surface area contributed by atoms with Crippen LogP contribution in [0.3, 0.4) is 0 Å². The largest absolute Gasteiger partial charge is 0.495 e. The van der Waals surface area contributed by atoms with Crippen LogP contribution in [-0.2, 0) is 10.2 Å². The molecule has 1 aromatic heterocycles. The normalized spacial score (nSPS) is 15.3. The fourth-order valence-corrected chi connectivity index (χ4v) is 6.36. The number of rotatable bonds is 9. The molecule has 2 amide bonds. The van der Waals surface area contributed by atoms with Crippen LogP contribution in [0.25, 0.3) is 17.1 Å². The van der Waals surface area contributed by atoms with E-state index in [4.69, 9.17) is 4.74 Å². The van der Waals surface area contributed by atoms with Gasteiger partial charge in [0.1, 0.15) is 5.75 Å². The Kier molecular flexibility index (Phi) is 9.74. The molecule has 0 N–H and O–H groups in total. The van der Waals surface area contributed by atoms with E-state index in [2.05, 4.69) is 31.0 Å². The smallest absolute Gasteiger partial charge is 0.254 e. The van der Waals surface area contributed by atoms with E-state index in [-0.39, 0.29) is 23.3 Å². The van der Waals surface area contributed by atoms with Crippen LogP contribution in [0, 0.1) is 0 Å². The van der Waals surface area contributed by atoms with Gasteiger partial charge in [0.15, 0.2) is 11.0 Å². The predicted molar refractivity (Wildman–Crippen MR) is 176 cm³/mol. The number of benzene rings is 3. The van der Waals surface area contributed by atoms with Gasteiger partial charge in [-0.2, -0.15) is 0 Å². The van der Waals surface area contributed by atoms with Crippen LogP contribution in [0.15, 0.2) is 84.0 Å². The highest BCUT2D eigenvalue weighted by Crippen LogP contribution is 2.33. The molecule has 1 saturated heterocycles. The summed E-state index contributed by atoms with van der Waals surface area (Å²) >= 11 is 1.58. The Bertz CT molecular complexity index is 1580. The second kappa shape index (κ2) is 13.7. The molecule has 9 heteroatoms. The predicted octanol–water partition coefficient (Wildman–Crippen LogP) is 6.49. The van der Waals surface area contributed by atoms with Crippen molar-refractivity contribution in [2.45, 2.75) is 57.1 Å². The maximum atomic E-state index is 13.3. The van der Waals surface area contributed by atoms with Gasteiger partial charge in [-0.1, -0.05) is 87.1 Å². The summed E-state index contributed by atoms with van der Waals surface area (Å²) in [5.41, 5.74) is 3.76. The van der Waals surface area contributed by atoms with E-state index in [1.54, 1.807) is 18.9 Å². The monoisotopic (exact) mass is 611 g/mol. The molecule has 4 aromatic rings. The van der Waals surface area contributed by atoms with Crippen LogP contribution in [0.4, 0.5) is 0 Å². The van der Waals surface area contributed by atoms with E-state index in [1.807, 2.05) is 100 Å². The van der Waals surface area contributed by atoms with Crippen LogP contribution >= 0.6 is 11.8 Å². The van der Waals surface area contributed by atoms with Crippen molar-refractivity contribution < 1.29 is 14.3 Å². The third-order valence-electron chi connectivity index (χ3n) is 8.00. The summed E-state index contributed by atoms with van der Waals surface area (Å²) in [6.07, 6.45) is 1.15. The highest BCUT2D eigenvalue weighted by Gasteiger charge is 2.30. The average Bonchev–Trinajstić information content (AvgIpc) is 3.46. The third-order valence-corrected chi connectivity index (χ3v) is 9.01. The Labute approximate surface area is 264 Å². The van der Waals surface area contributed by atoms with E-state index in [9.17, 15) is 9.59 Å². The minimum absolute atomic E-state index is 0.0236. The Balaban J connectivity index is 1.17. The summed E-state index contributed by atoms with van der Waals surface area (Å²) < 4.78 is 7.67. The van der Waals surface area contributed by atoms with Crippen LogP contribution in [-0.4, -0.2) is 74.9 Å². The fraction of sp³-hybridized carbons (Fsp3) is 0.371. The van der Waals surface area contributed by atoms with Crippen molar-refractivity contribution in [2.24, 2.45) is 0 Å². The second-order valence-electron chi connectivity index (χ2n) is 12.1. The van der Waals surface area contributed by atoms with Crippen LogP contribution in [0.1, 0.15) is 56.5 Å². The van der Waals surface area contributed by atoms with Gasteiger partial charge in [-0.05, 0) is 48.6 Å². The molecule has 1 aliphatic heterocycles. The quantitative estimate of drug-likeness (QED) is 0.159. The molecule has 8 nitrogen and oxygen atoms in total. The lowest BCUT2D eigenvalue weighted by Crippen LogP contribution is -2.55. The highest BCUT2D eigenvalue weighted by molar-refractivity contribution is 7.99. The SMILES string of the molecule is COc1ccccc1-n1c(SCCCC(=O)N2CCN(C(=O)c3ccc(C(C)(C)C)cc3)C(C)C2)nnc1-c1ccccc1. The molecule has 5 rings (SSSR count). The zero-order valence-corrected chi connectivity index (χ0v) is 27.0. The second-order valence-corrected chi connectivity index (χ2v) is 13.2. The summed E-state index contributed by atoms with van der Waals surface area (Å²) in [4.78, 5) is 30.2. The standard InChI is InChI=1S/C35H41N5O3S/c1-25-24-38(21-22-39(25)33(42)27-17-19-28(20-18-27)35(2,3)4)31(41)16-11-23-44-34-37-36-32(26-12-7-6-8-13-26)40(34)29-14-9-10-15-30(29)43-5/h6-10,12-15,17-20,25H,11,16,21-24H2,1-5H3. The van der Waals surface area contributed by atoms with Crippen molar-refractivity contribution in [1.29, 1.82) is 0 Å². The molecule has 0 radical (unpaired) electrons. The molecule has 44 heavy (non-hydrogen) atoms. The minimum Gasteiger partial charge on any atom is -0.495 e. The summed E-state index contributed by atoms with van der Waals surface area (Å²) in [7, 11) is 1.66. The molecule has 1 unspecified atom stereocenters. The van der Waals surface area contributed by atoms with Gasteiger partial charge in [-0.25, -0.2) is 0 Å². The number of methoxy groups -OCH3 is 1. The average molecular weight is 612 g/mol. The summed E-state index contributed by atoms with van der Waals surface area (Å²) in [5.74, 6) is 2.33. The van der Waals surface area contributed by atoms with Crippen molar-refractivity contribution in [3.63, 3.8) is 0 Å². The molecule has 1 aliphatic rings. The first-order chi connectivity index (χ1) is 21.2. The van der Waals surface area contributed by atoms with Gasteiger partial charge in [0.2, 0.25) is 5.91 Å². The van der Waals surface area contributed by atoms with Gasteiger partial charge in [0, 0.05) is 49.0 Å². The first-order valence-electron chi connectivity index (χ1n) is 15.1. The Hall–Kier alpha value is -4.11. The van der Waals surface area contributed by atoms with E-state index in [0.717, 1.165) is 28.0 Å². The molecule has 0 saturated carbocycles. The number of hydrogen-bond acceptors (Lipinski definition) is 6. The van der Waals surface area contributed by atoms with Gasteiger partial charge in [0.05, 0.1) is 12.8 Å². The van der Waals surface area contributed by atoms with E-state index in [0.29, 0.717) is 43.8 Å². The van der Waals surface area contributed by atoms with Gasteiger partial charge in [-0.15, -0.1) is 10.2 Å². The van der Waals surface area contributed by atoms with Crippen molar-refractivity contribution >= 4 is 23.6 Å². The first-order valence-corrected chi connectivity index (χ1v) is 16.1. The van der Waals surface area contributed by atoms with Crippen LogP contribution < -0.4 is 4.74 Å². The number of aromatic nitrogens is 3. The number of nitrogens with zero attached hydrogens (tertiary/aromatic N) is 5. The molecule has 0 bridgehead atoms.